The van der Waals surface area contributed by atoms with Crippen molar-refractivity contribution < 1.29 is 0 Å². The van der Waals surface area contributed by atoms with Crippen LogP contribution in [0.5, 0.6) is 0 Å². The Morgan fingerprint density at radius 3 is 2.83 bits per heavy atom. The van der Waals surface area contributed by atoms with Crippen LogP contribution >= 0.6 is 0 Å². The van der Waals surface area contributed by atoms with Gasteiger partial charge in [0, 0.05) is 24.3 Å². The minimum atomic E-state index is -0.164. The first-order valence-electron chi connectivity index (χ1n) is 5.90. The average molecular weight is 244 g/mol. The van der Waals surface area contributed by atoms with Crippen molar-refractivity contribution in [2.75, 3.05) is 0 Å². The average Bonchev–Trinajstić information content (AvgIpc) is 2.38. The van der Waals surface area contributed by atoms with Crippen molar-refractivity contribution in [3.63, 3.8) is 0 Å². The lowest BCUT2D eigenvalue weighted by Crippen LogP contribution is -2.26. The maximum absolute atomic E-state index is 11.6. The van der Waals surface area contributed by atoms with Crippen molar-refractivity contribution in [3.05, 3.63) is 46.4 Å². The van der Waals surface area contributed by atoms with Gasteiger partial charge >= 0.3 is 0 Å². The Morgan fingerprint density at radius 1 is 1.33 bits per heavy atom. The minimum Gasteiger partial charge on any atom is -0.310 e. The molecular formula is C13H16N4O. The summed E-state index contributed by atoms with van der Waals surface area (Å²) in [6, 6.07) is 7.70. The van der Waals surface area contributed by atoms with Gasteiger partial charge in [-0.1, -0.05) is 19.9 Å². The molecule has 18 heavy (non-hydrogen) atoms. The van der Waals surface area contributed by atoms with Gasteiger partial charge in [-0.15, -0.1) is 0 Å². The molecule has 0 fully saturated rings. The largest absolute Gasteiger partial charge is 0.310 e. The Balaban J connectivity index is 2.29. The fourth-order valence-corrected chi connectivity index (χ4v) is 1.54. The maximum Gasteiger partial charge on any atom is 0.268 e. The second kappa shape index (κ2) is 5.55. The third kappa shape index (κ3) is 3.01. The smallest absolute Gasteiger partial charge is 0.268 e. The topological polar surface area (TPSA) is 70.7 Å². The molecule has 2 aromatic rings. The number of hydrogen-bond acceptors (Lipinski definition) is 4. The fraction of sp³-hybridized carbons (Fsp3) is 0.308. The molecule has 0 saturated carbocycles. The predicted molar refractivity (Wildman–Crippen MR) is 70.1 cm³/mol. The van der Waals surface area contributed by atoms with Gasteiger partial charge in [0.1, 0.15) is 5.69 Å². The molecule has 0 aromatic carbocycles. The van der Waals surface area contributed by atoms with Crippen LogP contribution in [0.15, 0.2) is 35.3 Å². The van der Waals surface area contributed by atoms with E-state index in [9.17, 15) is 4.79 Å². The summed E-state index contributed by atoms with van der Waals surface area (Å²) in [6.07, 6.45) is 1.70. The number of aromatic amines is 1. The first-order valence-corrected chi connectivity index (χ1v) is 5.90. The summed E-state index contributed by atoms with van der Waals surface area (Å²) >= 11 is 0. The van der Waals surface area contributed by atoms with E-state index in [4.69, 9.17) is 0 Å². The Bertz CT molecular complexity index is 563. The molecule has 0 spiro atoms. The molecule has 0 amide bonds. The normalized spacial score (nSPS) is 10.8. The summed E-state index contributed by atoms with van der Waals surface area (Å²) in [4.78, 5) is 15.8. The van der Waals surface area contributed by atoms with Crippen LogP contribution in [0.2, 0.25) is 0 Å². The highest BCUT2D eigenvalue weighted by Crippen LogP contribution is 2.11. The molecule has 2 heterocycles. The van der Waals surface area contributed by atoms with Crippen molar-refractivity contribution in [1.82, 2.24) is 20.5 Å². The van der Waals surface area contributed by atoms with Gasteiger partial charge in [-0.05, 0) is 18.2 Å². The molecule has 2 N–H and O–H groups in total. The molecule has 5 heteroatoms. The molecule has 2 aromatic heterocycles. The monoisotopic (exact) mass is 244 g/mol. The highest BCUT2D eigenvalue weighted by molar-refractivity contribution is 5.53. The standard InChI is InChI=1S/C13H16N4O/c1-9(2)15-8-10-7-12(16-17-13(10)18)11-5-3-4-6-14-11/h3-7,9,15H,8H2,1-2H3,(H,17,18). The van der Waals surface area contributed by atoms with Gasteiger partial charge in [-0.2, -0.15) is 5.10 Å². The maximum atomic E-state index is 11.6. The SMILES string of the molecule is CC(C)NCc1cc(-c2ccccn2)n[nH]c1=O. The molecular weight excluding hydrogens is 228 g/mol. The Hall–Kier alpha value is -2.01. The number of hydrogen-bond donors (Lipinski definition) is 2. The number of H-pyrrole nitrogens is 1. The van der Waals surface area contributed by atoms with Crippen molar-refractivity contribution in [3.8, 4) is 11.4 Å². The van der Waals surface area contributed by atoms with Gasteiger partial charge in [0.05, 0.1) is 5.69 Å². The third-order valence-electron chi connectivity index (χ3n) is 2.51. The first kappa shape index (κ1) is 12.4. The second-order valence-corrected chi connectivity index (χ2v) is 4.36. The number of pyridine rings is 1. The molecule has 94 valence electrons. The van der Waals surface area contributed by atoms with Gasteiger partial charge in [0.25, 0.3) is 5.56 Å². The van der Waals surface area contributed by atoms with Crippen LogP contribution in [-0.2, 0) is 6.54 Å². The molecule has 5 nitrogen and oxygen atoms in total. The zero-order chi connectivity index (χ0) is 13.0. The van der Waals surface area contributed by atoms with E-state index >= 15 is 0 Å². The molecule has 0 aliphatic heterocycles. The zero-order valence-corrected chi connectivity index (χ0v) is 10.5. The van der Waals surface area contributed by atoms with Crippen molar-refractivity contribution in [2.45, 2.75) is 26.4 Å². The molecule has 0 radical (unpaired) electrons. The number of nitrogens with zero attached hydrogens (tertiary/aromatic N) is 2. The minimum absolute atomic E-state index is 0.164. The van der Waals surface area contributed by atoms with Crippen LogP contribution in [0.3, 0.4) is 0 Å². The molecule has 2 rings (SSSR count). The van der Waals surface area contributed by atoms with E-state index in [-0.39, 0.29) is 5.56 Å². The summed E-state index contributed by atoms with van der Waals surface area (Å²) in [5, 5.41) is 9.73. The summed E-state index contributed by atoms with van der Waals surface area (Å²) in [7, 11) is 0. The summed E-state index contributed by atoms with van der Waals surface area (Å²) in [6.45, 7) is 4.60. The van der Waals surface area contributed by atoms with E-state index in [1.807, 2.05) is 32.0 Å². The van der Waals surface area contributed by atoms with E-state index < -0.39 is 0 Å². The zero-order valence-electron chi connectivity index (χ0n) is 10.5. The van der Waals surface area contributed by atoms with Crippen molar-refractivity contribution >= 4 is 0 Å². The van der Waals surface area contributed by atoms with Crippen LogP contribution < -0.4 is 10.9 Å². The van der Waals surface area contributed by atoms with Gasteiger partial charge in [-0.3, -0.25) is 9.78 Å². The number of nitrogens with one attached hydrogen (secondary N) is 2. The molecule has 0 bridgehead atoms. The third-order valence-corrected chi connectivity index (χ3v) is 2.51. The van der Waals surface area contributed by atoms with Crippen LogP contribution in [0.25, 0.3) is 11.4 Å². The van der Waals surface area contributed by atoms with Crippen LogP contribution in [0.4, 0.5) is 0 Å². The van der Waals surface area contributed by atoms with E-state index in [2.05, 4.69) is 20.5 Å². The fourth-order valence-electron chi connectivity index (χ4n) is 1.54. The summed E-state index contributed by atoms with van der Waals surface area (Å²) in [5.74, 6) is 0. The van der Waals surface area contributed by atoms with E-state index in [0.717, 1.165) is 5.69 Å². The van der Waals surface area contributed by atoms with Gasteiger partial charge in [-0.25, -0.2) is 5.10 Å². The van der Waals surface area contributed by atoms with E-state index in [0.29, 0.717) is 23.8 Å². The lowest BCUT2D eigenvalue weighted by Gasteiger charge is -2.08. The molecule has 0 atom stereocenters. The van der Waals surface area contributed by atoms with Gasteiger partial charge in [0.15, 0.2) is 0 Å². The summed E-state index contributed by atoms with van der Waals surface area (Å²) < 4.78 is 0. The first-order chi connectivity index (χ1) is 8.66. The Kier molecular flexibility index (Phi) is 3.84. The molecule has 0 saturated heterocycles. The van der Waals surface area contributed by atoms with Crippen molar-refractivity contribution in [1.29, 1.82) is 0 Å². The van der Waals surface area contributed by atoms with E-state index in [1.165, 1.54) is 0 Å². The summed E-state index contributed by atoms with van der Waals surface area (Å²) in [5.41, 5.74) is 1.93. The van der Waals surface area contributed by atoms with E-state index in [1.54, 1.807) is 12.3 Å². The quantitative estimate of drug-likeness (QED) is 0.851. The van der Waals surface area contributed by atoms with Crippen LogP contribution in [-0.4, -0.2) is 21.2 Å². The lowest BCUT2D eigenvalue weighted by molar-refractivity contribution is 0.585. The highest BCUT2D eigenvalue weighted by Gasteiger charge is 2.06. The number of aromatic nitrogens is 3. The highest BCUT2D eigenvalue weighted by atomic mass is 16.1. The predicted octanol–water partition coefficient (Wildman–Crippen LogP) is 1.33. The van der Waals surface area contributed by atoms with Crippen molar-refractivity contribution in [2.24, 2.45) is 0 Å². The molecule has 0 unspecified atom stereocenters. The Morgan fingerprint density at radius 2 is 2.17 bits per heavy atom. The number of rotatable bonds is 4. The lowest BCUT2D eigenvalue weighted by atomic mass is 10.2. The molecule has 0 aliphatic rings. The van der Waals surface area contributed by atoms with Gasteiger partial charge < -0.3 is 5.32 Å². The van der Waals surface area contributed by atoms with Crippen LogP contribution in [0.1, 0.15) is 19.4 Å². The Labute approximate surface area is 105 Å². The van der Waals surface area contributed by atoms with Crippen LogP contribution in [0, 0.1) is 0 Å². The molecule has 0 aliphatic carbocycles. The second-order valence-electron chi connectivity index (χ2n) is 4.36. The van der Waals surface area contributed by atoms with Gasteiger partial charge in [0.2, 0.25) is 0 Å².